The lowest BCUT2D eigenvalue weighted by molar-refractivity contribution is 0.0677. The maximum atomic E-state index is 5.93. The molecule has 1 unspecified atom stereocenters. The fraction of sp³-hybridized carbons (Fsp3) is 0.333. The van der Waals surface area contributed by atoms with Crippen molar-refractivity contribution in [3.8, 4) is 11.5 Å². The third-order valence-corrected chi connectivity index (χ3v) is 4.28. The van der Waals surface area contributed by atoms with Crippen LogP contribution in [-0.4, -0.2) is 28.3 Å². The van der Waals surface area contributed by atoms with E-state index in [1.165, 1.54) is 0 Å². The average molecular weight is 342 g/mol. The highest BCUT2D eigenvalue weighted by molar-refractivity contribution is 9.10. The Morgan fingerprint density at radius 1 is 1.42 bits per heavy atom. The maximum absolute atomic E-state index is 5.93. The first-order valence-electron chi connectivity index (χ1n) is 5.82. The van der Waals surface area contributed by atoms with E-state index < -0.39 is 0 Å². The van der Waals surface area contributed by atoms with Crippen molar-refractivity contribution in [2.24, 2.45) is 0 Å². The Balaban J connectivity index is 1.89. The third kappa shape index (κ3) is 2.77. The number of anilines is 1. The van der Waals surface area contributed by atoms with Crippen LogP contribution in [0.15, 0.2) is 27.2 Å². The van der Waals surface area contributed by atoms with Gasteiger partial charge >= 0.3 is 0 Å². The summed E-state index contributed by atoms with van der Waals surface area (Å²) in [5.74, 6) is 2.88. The second-order valence-corrected chi connectivity index (χ2v) is 6.19. The van der Waals surface area contributed by atoms with Crippen LogP contribution in [0.2, 0.25) is 0 Å². The Kier molecular flexibility index (Phi) is 3.76. The number of rotatable bonds is 2. The zero-order valence-electron chi connectivity index (χ0n) is 10.0. The van der Waals surface area contributed by atoms with E-state index in [0.29, 0.717) is 17.4 Å². The summed E-state index contributed by atoms with van der Waals surface area (Å²) in [4.78, 5) is 4.39. The standard InChI is InChI=1S/C12H12BrN3O2S/c13-7-1-2-9(14)8(5-7)12-15-11(16-18-12)10-6-19-4-3-17-10/h1-2,5,10H,3-4,6,14H2. The van der Waals surface area contributed by atoms with Gasteiger partial charge in [0.05, 0.1) is 12.2 Å². The van der Waals surface area contributed by atoms with Gasteiger partial charge in [-0.3, -0.25) is 0 Å². The summed E-state index contributed by atoms with van der Waals surface area (Å²) in [6.07, 6.45) is -0.0929. The molecule has 7 heteroatoms. The van der Waals surface area contributed by atoms with Gasteiger partial charge in [0, 0.05) is 21.7 Å². The van der Waals surface area contributed by atoms with E-state index in [-0.39, 0.29) is 6.10 Å². The summed E-state index contributed by atoms with van der Waals surface area (Å²) in [5.41, 5.74) is 7.27. The smallest absolute Gasteiger partial charge is 0.260 e. The van der Waals surface area contributed by atoms with Gasteiger partial charge in [-0.1, -0.05) is 21.1 Å². The molecule has 0 spiro atoms. The van der Waals surface area contributed by atoms with Crippen LogP contribution in [0.1, 0.15) is 11.9 Å². The maximum Gasteiger partial charge on any atom is 0.260 e. The lowest BCUT2D eigenvalue weighted by Crippen LogP contribution is -2.16. The van der Waals surface area contributed by atoms with E-state index in [0.717, 1.165) is 28.1 Å². The van der Waals surface area contributed by atoms with Gasteiger partial charge in [0.15, 0.2) is 0 Å². The van der Waals surface area contributed by atoms with Crippen molar-refractivity contribution < 1.29 is 9.26 Å². The van der Waals surface area contributed by atoms with Crippen molar-refractivity contribution in [1.82, 2.24) is 10.1 Å². The largest absolute Gasteiger partial charge is 0.398 e. The fourth-order valence-electron chi connectivity index (χ4n) is 1.83. The zero-order chi connectivity index (χ0) is 13.2. The topological polar surface area (TPSA) is 74.2 Å². The van der Waals surface area contributed by atoms with Crippen molar-refractivity contribution in [3.63, 3.8) is 0 Å². The third-order valence-electron chi connectivity index (χ3n) is 2.79. The quantitative estimate of drug-likeness (QED) is 0.846. The van der Waals surface area contributed by atoms with Crippen LogP contribution < -0.4 is 5.73 Å². The summed E-state index contributed by atoms with van der Waals surface area (Å²) in [7, 11) is 0. The Morgan fingerprint density at radius 3 is 3.11 bits per heavy atom. The molecule has 0 aliphatic carbocycles. The van der Waals surface area contributed by atoms with Gasteiger partial charge in [0.25, 0.3) is 5.89 Å². The van der Waals surface area contributed by atoms with Crippen molar-refractivity contribution >= 4 is 33.4 Å². The molecule has 1 aliphatic rings. The molecule has 19 heavy (non-hydrogen) atoms. The summed E-state index contributed by atoms with van der Waals surface area (Å²) in [6.45, 7) is 0.720. The van der Waals surface area contributed by atoms with E-state index in [1.807, 2.05) is 23.9 Å². The Morgan fingerprint density at radius 2 is 2.32 bits per heavy atom. The molecule has 5 nitrogen and oxygen atoms in total. The summed E-state index contributed by atoms with van der Waals surface area (Å²) in [5, 5.41) is 3.99. The molecule has 1 fully saturated rings. The molecule has 100 valence electrons. The van der Waals surface area contributed by atoms with Crippen molar-refractivity contribution in [2.75, 3.05) is 23.8 Å². The first-order valence-corrected chi connectivity index (χ1v) is 7.77. The molecule has 0 bridgehead atoms. The zero-order valence-corrected chi connectivity index (χ0v) is 12.4. The Bertz CT molecular complexity index is 584. The van der Waals surface area contributed by atoms with E-state index in [1.54, 1.807) is 6.07 Å². The summed E-state index contributed by atoms with van der Waals surface area (Å²) in [6, 6.07) is 5.54. The summed E-state index contributed by atoms with van der Waals surface area (Å²) >= 11 is 5.23. The normalized spacial score (nSPS) is 19.5. The number of nitrogen functional groups attached to an aromatic ring is 1. The molecule has 1 aliphatic heterocycles. The van der Waals surface area contributed by atoms with Gasteiger partial charge in [-0.15, -0.1) is 0 Å². The van der Waals surface area contributed by atoms with Gasteiger partial charge in [-0.05, 0) is 18.2 Å². The van der Waals surface area contributed by atoms with Crippen molar-refractivity contribution in [1.29, 1.82) is 0 Å². The minimum Gasteiger partial charge on any atom is -0.398 e. The molecule has 1 saturated heterocycles. The molecule has 2 heterocycles. The molecule has 0 saturated carbocycles. The molecule has 2 N–H and O–H groups in total. The predicted molar refractivity (Wildman–Crippen MR) is 77.9 cm³/mol. The molecular formula is C12H12BrN3O2S. The predicted octanol–water partition coefficient (Wildman–Crippen LogP) is 2.89. The van der Waals surface area contributed by atoms with Gasteiger partial charge < -0.3 is 15.0 Å². The van der Waals surface area contributed by atoms with Crippen LogP contribution in [0.3, 0.4) is 0 Å². The number of nitrogens with two attached hydrogens (primary N) is 1. The number of thioether (sulfide) groups is 1. The number of ether oxygens (including phenoxy) is 1. The van der Waals surface area contributed by atoms with Crippen LogP contribution in [0.25, 0.3) is 11.5 Å². The Labute approximate surface area is 123 Å². The summed E-state index contributed by atoms with van der Waals surface area (Å²) < 4.78 is 11.8. The van der Waals surface area contributed by atoms with Crippen molar-refractivity contribution in [2.45, 2.75) is 6.10 Å². The SMILES string of the molecule is Nc1ccc(Br)cc1-c1nc(C2CSCCO2)no1. The highest BCUT2D eigenvalue weighted by atomic mass is 79.9. The molecule has 3 rings (SSSR count). The first-order chi connectivity index (χ1) is 9.24. The van der Waals surface area contributed by atoms with E-state index >= 15 is 0 Å². The average Bonchev–Trinajstić information content (AvgIpc) is 2.92. The van der Waals surface area contributed by atoms with Crippen LogP contribution in [0.4, 0.5) is 5.69 Å². The van der Waals surface area contributed by atoms with Gasteiger partial charge in [-0.25, -0.2) is 0 Å². The highest BCUT2D eigenvalue weighted by Gasteiger charge is 2.23. The number of nitrogens with zero attached hydrogens (tertiary/aromatic N) is 2. The van der Waals surface area contributed by atoms with Gasteiger partial charge in [-0.2, -0.15) is 16.7 Å². The first kappa shape index (κ1) is 13.0. The molecule has 1 atom stereocenters. The second kappa shape index (κ2) is 5.52. The molecular weight excluding hydrogens is 330 g/mol. The lowest BCUT2D eigenvalue weighted by Gasteiger charge is -2.18. The van der Waals surface area contributed by atoms with E-state index in [4.69, 9.17) is 15.0 Å². The number of hydrogen-bond acceptors (Lipinski definition) is 6. The van der Waals surface area contributed by atoms with Crippen LogP contribution >= 0.6 is 27.7 Å². The highest BCUT2D eigenvalue weighted by Crippen LogP contribution is 2.30. The van der Waals surface area contributed by atoms with E-state index in [2.05, 4.69) is 26.1 Å². The molecule has 2 aromatic rings. The number of halogens is 1. The van der Waals surface area contributed by atoms with Gasteiger partial charge in [0.1, 0.15) is 6.10 Å². The lowest BCUT2D eigenvalue weighted by atomic mass is 10.2. The van der Waals surface area contributed by atoms with Crippen molar-refractivity contribution in [3.05, 3.63) is 28.5 Å². The monoisotopic (exact) mass is 341 g/mol. The number of aromatic nitrogens is 2. The number of hydrogen-bond donors (Lipinski definition) is 1. The van der Waals surface area contributed by atoms with E-state index in [9.17, 15) is 0 Å². The van der Waals surface area contributed by atoms with Crippen LogP contribution in [0.5, 0.6) is 0 Å². The molecule has 1 aromatic carbocycles. The minimum absolute atomic E-state index is 0.0929. The second-order valence-electron chi connectivity index (χ2n) is 4.12. The van der Waals surface area contributed by atoms with Gasteiger partial charge in [0.2, 0.25) is 5.82 Å². The van der Waals surface area contributed by atoms with Crippen LogP contribution in [0, 0.1) is 0 Å². The molecule has 0 amide bonds. The molecule has 0 radical (unpaired) electrons. The number of benzene rings is 1. The van der Waals surface area contributed by atoms with Crippen LogP contribution in [-0.2, 0) is 4.74 Å². The molecule has 1 aromatic heterocycles. The Hall–Kier alpha value is -1.05. The fourth-order valence-corrected chi connectivity index (χ4v) is 3.03. The minimum atomic E-state index is -0.0929.